The number of hydrogen-bond donors (Lipinski definition) is 1. The molecule has 2 atom stereocenters. The SMILES string of the molecule is CC1CC(N)CCN1Cc1ccc(C(C)(C)C)cc1. The fraction of sp³-hybridized carbons (Fsp3) is 0.647. The summed E-state index contributed by atoms with van der Waals surface area (Å²) in [7, 11) is 0. The number of nitrogens with two attached hydrogens (primary N) is 1. The molecular formula is C17H28N2. The van der Waals surface area contributed by atoms with Gasteiger partial charge in [0.05, 0.1) is 0 Å². The van der Waals surface area contributed by atoms with E-state index in [1.807, 2.05) is 0 Å². The first-order valence-corrected chi connectivity index (χ1v) is 7.45. The van der Waals surface area contributed by atoms with Gasteiger partial charge < -0.3 is 5.73 Å². The van der Waals surface area contributed by atoms with E-state index >= 15 is 0 Å². The Kier molecular flexibility index (Phi) is 4.32. The number of piperidine rings is 1. The van der Waals surface area contributed by atoms with Crippen LogP contribution >= 0.6 is 0 Å². The van der Waals surface area contributed by atoms with Crippen molar-refractivity contribution >= 4 is 0 Å². The molecule has 2 rings (SSSR count). The first-order chi connectivity index (χ1) is 8.86. The topological polar surface area (TPSA) is 29.3 Å². The quantitative estimate of drug-likeness (QED) is 0.884. The van der Waals surface area contributed by atoms with E-state index in [1.165, 1.54) is 11.1 Å². The van der Waals surface area contributed by atoms with Crippen molar-refractivity contribution in [2.75, 3.05) is 6.54 Å². The van der Waals surface area contributed by atoms with Crippen molar-refractivity contribution in [3.05, 3.63) is 35.4 Å². The van der Waals surface area contributed by atoms with Crippen LogP contribution in [-0.2, 0) is 12.0 Å². The van der Waals surface area contributed by atoms with Crippen molar-refractivity contribution in [3.63, 3.8) is 0 Å². The van der Waals surface area contributed by atoms with E-state index in [9.17, 15) is 0 Å². The van der Waals surface area contributed by atoms with Gasteiger partial charge in [-0.1, -0.05) is 45.0 Å². The molecule has 0 amide bonds. The second-order valence-corrected chi connectivity index (χ2v) is 7.05. The molecule has 2 N–H and O–H groups in total. The van der Waals surface area contributed by atoms with Crippen LogP contribution in [0.15, 0.2) is 24.3 Å². The Morgan fingerprint density at radius 2 is 1.84 bits per heavy atom. The molecule has 0 aromatic heterocycles. The van der Waals surface area contributed by atoms with Gasteiger partial charge in [-0.15, -0.1) is 0 Å². The maximum absolute atomic E-state index is 6.02. The van der Waals surface area contributed by atoms with Gasteiger partial charge in [0.25, 0.3) is 0 Å². The number of nitrogens with zero attached hydrogens (tertiary/aromatic N) is 1. The molecule has 2 heteroatoms. The molecule has 106 valence electrons. The maximum Gasteiger partial charge on any atom is 0.0236 e. The molecule has 1 heterocycles. The molecule has 0 saturated carbocycles. The highest BCUT2D eigenvalue weighted by molar-refractivity contribution is 5.27. The van der Waals surface area contributed by atoms with E-state index in [4.69, 9.17) is 5.73 Å². The normalized spacial score (nSPS) is 25.5. The van der Waals surface area contributed by atoms with E-state index in [2.05, 4.69) is 56.9 Å². The predicted molar refractivity (Wildman–Crippen MR) is 82.2 cm³/mol. The summed E-state index contributed by atoms with van der Waals surface area (Å²) < 4.78 is 0. The standard InChI is InChI=1S/C17H28N2/c1-13-11-16(18)9-10-19(13)12-14-5-7-15(8-6-14)17(2,3)4/h5-8,13,16H,9-12,18H2,1-4H3. The minimum atomic E-state index is 0.240. The zero-order valence-corrected chi connectivity index (χ0v) is 12.8. The van der Waals surface area contributed by atoms with Crippen LogP contribution in [0.5, 0.6) is 0 Å². The fourth-order valence-corrected chi connectivity index (χ4v) is 2.84. The molecule has 1 saturated heterocycles. The highest BCUT2D eigenvalue weighted by atomic mass is 15.2. The average molecular weight is 260 g/mol. The fourth-order valence-electron chi connectivity index (χ4n) is 2.84. The minimum absolute atomic E-state index is 0.240. The van der Waals surface area contributed by atoms with E-state index in [1.54, 1.807) is 0 Å². The van der Waals surface area contributed by atoms with Gasteiger partial charge >= 0.3 is 0 Å². The van der Waals surface area contributed by atoms with Crippen LogP contribution in [0.3, 0.4) is 0 Å². The van der Waals surface area contributed by atoms with E-state index in [-0.39, 0.29) is 5.41 Å². The van der Waals surface area contributed by atoms with Gasteiger partial charge in [-0.05, 0) is 36.3 Å². The maximum atomic E-state index is 6.02. The molecule has 0 bridgehead atoms. The van der Waals surface area contributed by atoms with Crippen molar-refractivity contribution in [1.29, 1.82) is 0 Å². The third-order valence-electron chi connectivity index (χ3n) is 4.26. The molecule has 19 heavy (non-hydrogen) atoms. The van der Waals surface area contributed by atoms with Gasteiger partial charge in [0.2, 0.25) is 0 Å². The molecule has 1 aromatic carbocycles. The van der Waals surface area contributed by atoms with Crippen LogP contribution in [-0.4, -0.2) is 23.5 Å². The Hall–Kier alpha value is -0.860. The molecule has 1 aliphatic rings. The Morgan fingerprint density at radius 3 is 2.37 bits per heavy atom. The first kappa shape index (κ1) is 14.5. The second-order valence-electron chi connectivity index (χ2n) is 7.05. The zero-order chi connectivity index (χ0) is 14.0. The molecule has 2 nitrogen and oxygen atoms in total. The summed E-state index contributed by atoms with van der Waals surface area (Å²) in [5, 5.41) is 0. The monoisotopic (exact) mass is 260 g/mol. The third kappa shape index (κ3) is 3.80. The lowest BCUT2D eigenvalue weighted by Crippen LogP contribution is -2.44. The molecule has 2 unspecified atom stereocenters. The molecule has 1 aromatic rings. The predicted octanol–water partition coefficient (Wildman–Crippen LogP) is 3.30. The highest BCUT2D eigenvalue weighted by Gasteiger charge is 2.23. The van der Waals surface area contributed by atoms with Gasteiger partial charge in [-0.2, -0.15) is 0 Å². The Bertz CT molecular complexity index is 402. The van der Waals surface area contributed by atoms with Crippen LogP contribution in [0.4, 0.5) is 0 Å². The van der Waals surface area contributed by atoms with Crippen molar-refractivity contribution in [2.45, 2.75) is 64.6 Å². The largest absolute Gasteiger partial charge is 0.328 e. The van der Waals surface area contributed by atoms with E-state index < -0.39 is 0 Å². The van der Waals surface area contributed by atoms with Gasteiger partial charge in [-0.3, -0.25) is 4.90 Å². The summed E-state index contributed by atoms with van der Waals surface area (Å²) >= 11 is 0. The summed E-state index contributed by atoms with van der Waals surface area (Å²) in [5.74, 6) is 0. The van der Waals surface area contributed by atoms with Gasteiger partial charge in [0, 0.05) is 25.2 Å². The van der Waals surface area contributed by atoms with Gasteiger partial charge in [0.15, 0.2) is 0 Å². The molecule has 0 radical (unpaired) electrons. The van der Waals surface area contributed by atoms with Crippen molar-refractivity contribution < 1.29 is 0 Å². The zero-order valence-electron chi connectivity index (χ0n) is 12.8. The summed E-state index contributed by atoms with van der Waals surface area (Å²) in [6.45, 7) is 11.3. The summed E-state index contributed by atoms with van der Waals surface area (Å²) in [6, 6.07) is 10.1. The average Bonchev–Trinajstić information content (AvgIpc) is 2.32. The van der Waals surface area contributed by atoms with Gasteiger partial charge in [-0.25, -0.2) is 0 Å². The summed E-state index contributed by atoms with van der Waals surface area (Å²) in [4.78, 5) is 2.55. The van der Waals surface area contributed by atoms with Gasteiger partial charge in [0.1, 0.15) is 0 Å². The van der Waals surface area contributed by atoms with Crippen LogP contribution < -0.4 is 5.73 Å². The second kappa shape index (κ2) is 5.64. The Labute approximate surface area is 118 Å². The van der Waals surface area contributed by atoms with Crippen LogP contribution in [0.25, 0.3) is 0 Å². The summed E-state index contributed by atoms with van der Waals surface area (Å²) in [5.41, 5.74) is 9.08. The van der Waals surface area contributed by atoms with Crippen LogP contribution in [0.2, 0.25) is 0 Å². The lowest BCUT2D eigenvalue weighted by atomic mass is 9.86. The third-order valence-corrected chi connectivity index (χ3v) is 4.26. The van der Waals surface area contributed by atoms with Crippen LogP contribution in [0, 0.1) is 0 Å². The molecule has 1 fully saturated rings. The van der Waals surface area contributed by atoms with E-state index in [0.717, 1.165) is 25.9 Å². The lowest BCUT2D eigenvalue weighted by Gasteiger charge is -2.36. The number of benzene rings is 1. The van der Waals surface area contributed by atoms with Crippen molar-refractivity contribution in [1.82, 2.24) is 4.90 Å². The number of rotatable bonds is 2. The van der Waals surface area contributed by atoms with Crippen molar-refractivity contribution in [3.8, 4) is 0 Å². The number of likely N-dealkylation sites (tertiary alicyclic amines) is 1. The minimum Gasteiger partial charge on any atom is -0.328 e. The van der Waals surface area contributed by atoms with Crippen molar-refractivity contribution in [2.24, 2.45) is 5.73 Å². The molecular weight excluding hydrogens is 232 g/mol. The smallest absolute Gasteiger partial charge is 0.0236 e. The number of hydrogen-bond acceptors (Lipinski definition) is 2. The van der Waals surface area contributed by atoms with Crippen LogP contribution in [0.1, 0.15) is 51.7 Å². The summed E-state index contributed by atoms with van der Waals surface area (Å²) in [6.07, 6.45) is 2.25. The Morgan fingerprint density at radius 1 is 1.21 bits per heavy atom. The molecule has 0 spiro atoms. The highest BCUT2D eigenvalue weighted by Crippen LogP contribution is 2.23. The van der Waals surface area contributed by atoms with E-state index in [0.29, 0.717) is 12.1 Å². The Balaban J connectivity index is 2.00. The molecule has 0 aliphatic carbocycles. The molecule has 1 aliphatic heterocycles. The lowest BCUT2D eigenvalue weighted by molar-refractivity contribution is 0.140. The first-order valence-electron chi connectivity index (χ1n) is 7.45.